The van der Waals surface area contributed by atoms with E-state index >= 15 is 0 Å². The lowest BCUT2D eigenvalue weighted by atomic mass is 9.92. The van der Waals surface area contributed by atoms with E-state index in [0.29, 0.717) is 17.7 Å². The van der Waals surface area contributed by atoms with E-state index in [1.54, 1.807) is 35.6 Å². The Morgan fingerprint density at radius 1 is 1.19 bits per heavy atom. The van der Waals surface area contributed by atoms with Gasteiger partial charge in [-0.25, -0.2) is 4.79 Å². The molecule has 0 saturated carbocycles. The summed E-state index contributed by atoms with van der Waals surface area (Å²) in [6.07, 6.45) is -1.96. The molecule has 188 valence electrons. The molecule has 5 rings (SSSR count). The summed E-state index contributed by atoms with van der Waals surface area (Å²) in [5, 5.41) is 8.08. The number of fused-ring (bicyclic) bond motifs is 2. The molecule has 3 aromatic heterocycles. The third-order valence-corrected chi connectivity index (χ3v) is 7.12. The van der Waals surface area contributed by atoms with Crippen LogP contribution in [-0.4, -0.2) is 37.8 Å². The number of esters is 1. The molecule has 0 saturated heterocycles. The van der Waals surface area contributed by atoms with E-state index in [-0.39, 0.29) is 30.7 Å². The zero-order valence-corrected chi connectivity index (χ0v) is 20.3. The predicted octanol–water partition coefficient (Wildman–Crippen LogP) is 5.56. The first-order valence-electron chi connectivity index (χ1n) is 11.4. The van der Waals surface area contributed by atoms with Crippen molar-refractivity contribution in [3.8, 4) is 11.8 Å². The molecule has 0 bridgehead atoms. The molecule has 8 nitrogen and oxygen atoms in total. The van der Waals surface area contributed by atoms with Crippen molar-refractivity contribution in [1.82, 2.24) is 24.7 Å². The monoisotopic (exact) mass is 517 g/mol. The van der Waals surface area contributed by atoms with Crippen molar-refractivity contribution in [1.29, 1.82) is 0 Å². The number of carbonyl (C=O) groups is 1. The zero-order chi connectivity index (χ0) is 25.4. The summed E-state index contributed by atoms with van der Waals surface area (Å²) in [5.74, 6) is -0.862. The number of methoxy groups -OCH3 is 1. The lowest BCUT2D eigenvalue weighted by Gasteiger charge is -2.24. The van der Waals surface area contributed by atoms with Crippen LogP contribution in [0.3, 0.4) is 0 Å². The van der Waals surface area contributed by atoms with Crippen molar-refractivity contribution in [3.05, 3.63) is 58.1 Å². The largest absolute Gasteiger partial charge is 0.465 e. The summed E-state index contributed by atoms with van der Waals surface area (Å²) < 4.78 is 51.6. The van der Waals surface area contributed by atoms with Crippen LogP contribution in [0, 0.1) is 0 Å². The zero-order valence-electron chi connectivity index (χ0n) is 19.5. The highest BCUT2D eigenvalue weighted by Crippen LogP contribution is 2.39. The van der Waals surface area contributed by atoms with Crippen molar-refractivity contribution >= 4 is 27.5 Å². The maximum Gasteiger partial charge on any atom is 0.451 e. The molecule has 0 fully saturated rings. The summed E-state index contributed by atoms with van der Waals surface area (Å²) in [6, 6.07) is 8.61. The average Bonchev–Trinajstić information content (AvgIpc) is 3.47. The maximum atomic E-state index is 13.3. The van der Waals surface area contributed by atoms with E-state index < -0.39 is 18.0 Å². The summed E-state index contributed by atoms with van der Waals surface area (Å²) >= 11 is 1.55. The first-order chi connectivity index (χ1) is 17.3. The van der Waals surface area contributed by atoms with Gasteiger partial charge in [-0.15, -0.1) is 21.5 Å². The van der Waals surface area contributed by atoms with E-state index in [9.17, 15) is 18.0 Å². The Labute approximate surface area is 208 Å². The number of aryl methyl sites for hydroxylation is 1. The molecule has 0 N–H and O–H groups in total. The number of benzene rings is 1. The number of ether oxygens (including phenoxy) is 2. The molecule has 1 atom stereocenters. The number of halogens is 3. The van der Waals surface area contributed by atoms with Crippen LogP contribution in [0.25, 0.3) is 10.2 Å². The number of nitrogens with zero attached hydrogens (tertiary/aromatic N) is 5. The molecule has 1 unspecified atom stereocenters. The molecule has 1 aromatic carbocycles. The molecule has 1 aliphatic rings. The minimum atomic E-state index is -4.55. The van der Waals surface area contributed by atoms with Crippen molar-refractivity contribution in [2.24, 2.45) is 0 Å². The van der Waals surface area contributed by atoms with Gasteiger partial charge < -0.3 is 14.0 Å². The Balaban J connectivity index is 1.49. The molecular formula is C24H22F3N5O3S. The van der Waals surface area contributed by atoms with Gasteiger partial charge in [-0.05, 0) is 43.2 Å². The highest BCUT2D eigenvalue weighted by atomic mass is 32.1. The third-order valence-electron chi connectivity index (χ3n) is 6.03. The third kappa shape index (κ3) is 4.64. The van der Waals surface area contributed by atoms with Crippen molar-refractivity contribution in [3.63, 3.8) is 0 Å². The Hall–Kier alpha value is -3.54. The lowest BCUT2D eigenvalue weighted by Crippen LogP contribution is -2.23. The predicted molar refractivity (Wildman–Crippen MR) is 125 cm³/mol. The van der Waals surface area contributed by atoms with Crippen LogP contribution in [0.5, 0.6) is 11.8 Å². The number of rotatable bonds is 6. The van der Waals surface area contributed by atoms with Gasteiger partial charge in [0.1, 0.15) is 16.4 Å². The minimum absolute atomic E-state index is 0.135. The van der Waals surface area contributed by atoms with E-state index in [1.807, 2.05) is 0 Å². The molecule has 1 aliphatic heterocycles. The van der Waals surface area contributed by atoms with Crippen molar-refractivity contribution in [2.45, 2.75) is 51.2 Å². The number of carbonyl (C=O) groups excluding carboxylic acids is 1. The number of thiophene rings is 1. The Bertz CT molecular complexity index is 1420. The molecule has 4 heterocycles. The van der Waals surface area contributed by atoms with Gasteiger partial charge in [0.15, 0.2) is 0 Å². The molecule has 0 amide bonds. The van der Waals surface area contributed by atoms with Gasteiger partial charge >= 0.3 is 18.2 Å². The van der Waals surface area contributed by atoms with Crippen LogP contribution in [-0.2, 0) is 30.3 Å². The second-order valence-electron chi connectivity index (χ2n) is 8.47. The Morgan fingerprint density at radius 3 is 2.67 bits per heavy atom. The number of hydrogen-bond acceptors (Lipinski definition) is 8. The normalized spacial score (nSPS) is 15.6. The van der Waals surface area contributed by atoms with Crippen LogP contribution in [0.2, 0.25) is 0 Å². The first kappa shape index (κ1) is 24.2. The van der Waals surface area contributed by atoms with Gasteiger partial charge in [-0.2, -0.15) is 23.1 Å². The molecule has 36 heavy (non-hydrogen) atoms. The summed E-state index contributed by atoms with van der Waals surface area (Å²) in [6.45, 7) is 2.24. The molecule has 0 aliphatic carbocycles. The van der Waals surface area contributed by atoms with E-state index in [0.717, 1.165) is 38.2 Å². The fraction of sp³-hybridized carbons (Fsp3) is 0.375. The smallest absolute Gasteiger partial charge is 0.451 e. The van der Waals surface area contributed by atoms with E-state index in [2.05, 4.69) is 28.2 Å². The average molecular weight is 518 g/mol. The molecule has 0 spiro atoms. The maximum absolute atomic E-state index is 13.3. The summed E-state index contributed by atoms with van der Waals surface area (Å²) in [4.78, 5) is 22.9. The summed E-state index contributed by atoms with van der Waals surface area (Å²) in [5.41, 5.74) is 1.11. The fourth-order valence-electron chi connectivity index (χ4n) is 4.35. The van der Waals surface area contributed by atoms with Crippen molar-refractivity contribution in [2.75, 3.05) is 7.11 Å². The standard InChI is InChI=1S/C24H22F3N5O3S/c1-3-4-16-12-17-19(14-9-10-32-18(11-14)30-31-22(32)24(25,26)27)28-23(29-20(17)36-16)35-15-7-5-13(6-8-15)21(33)34-2/h5-8,12,14H,3-4,9-11H2,1-2H3. The minimum Gasteiger partial charge on any atom is -0.465 e. The Morgan fingerprint density at radius 2 is 1.97 bits per heavy atom. The topological polar surface area (TPSA) is 92.0 Å². The van der Waals surface area contributed by atoms with Crippen LogP contribution in [0.1, 0.15) is 58.3 Å². The second kappa shape index (κ2) is 9.49. The van der Waals surface area contributed by atoms with Crippen LogP contribution in [0.15, 0.2) is 30.3 Å². The lowest BCUT2D eigenvalue weighted by molar-refractivity contribution is -0.147. The van der Waals surface area contributed by atoms with Crippen LogP contribution < -0.4 is 4.74 Å². The highest BCUT2D eigenvalue weighted by molar-refractivity contribution is 7.18. The molecular weight excluding hydrogens is 495 g/mol. The van der Waals surface area contributed by atoms with Gasteiger partial charge in [0.2, 0.25) is 5.82 Å². The SMILES string of the molecule is CCCc1cc2c(C3CCn4c(nnc4C(F)(F)F)C3)nc(Oc3ccc(C(=O)OC)cc3)nc2s1. The molecule has 4 aromatic rings. The van der Waals surface area contributed by atoms with E-state index in [4.69, 9.17) is 14.5 Å². The second-order valence-corrected chi connectivity index (χ2v) is 9.59. The van der Waals surface area contributed by atoms with Gasteiger partial charge in [0.05, 0.1) is 18.4 Å². The summed E-state index contributed by atoms with van der Waals surface area (Å²) in [7, 11) is 1.31. The van der Waals surface area contributed by atoms with Gasteiger partial charge in [0, 0.05) is 29.1 Å². The van der Waals surface area contributed by atoms with E-state index in [1.165, 1.54) is 7.11 Å². The molecule has 0 radical (unpaired) electrons. The number of hydrogen-bond donors (Lipinski definition) is 0. The van der Waals surface area contributed by atoms with Gasteiger partial charge in [-0.1, -0.05) is 13.3 Å². The molecule has 12 heteroatoms. The fourth-order valence-corrected chi connectivity index (χ4v) is 5.48. The van der Waals surface area contributed by atoms with Crippen molar-refractivity contribution < 1.29 is 27.4 Å². The van der Waals surface area contributed by atoms with Crippen LogP contribution in [0.4, 0.5) is 13.2 Å². The van der Waals surface area contributed by atoms with Crippen LogP contribution >= 0.6 is 11.3 Å². The van der Waals surface area contributed by atoms with Gasteiger partial charge in [0.25, 0.3) is 0 Å². The van der Waals surface area contributed by atoms with Gasteiger partial charge in [-0.3, -0.25) is 0 Å². The Kier molecular flexibility index (Phi) is 6.37. The first-order valence-corrected chi connectivity index (χ1v) is 12.2. The quantitative estimate of drug-likeness (QED) is 0.309. The number of aromatic nitrogens is 5. The number of alkyl halides is 3. The highest BCUT2D eigenvalue weighted by Gasteiger charge is 2.40.